The van der Waals surface area contributed by atoms with Crippen molar-refractivity contribution < 1.29 is 9.59 Å². The number of nitrogens with zero attached hydrogens (tertiary/aromatic N) is 3. The lowest BCUT2D eigenvalue weighted by atomic mass is 9.97. The summed E-state index contributed by atoms with van der Waals surface area (Å²) in [6.07, 6.45) is 1.85. The van der Waals surface area contributed by atoms with Crippen molar-refractivity contribution in [1.82, 2.24) is 15.1 Å². The molecule has 1 atom stereocenters. The first-order chi connectivity index (χ1) is 14.1. The lowest BCUT2D eigenvalue weighted by Crippen LogP contribution is -2.39. The van der Waals surface area contributed by atoms with E-state index in [2.05, 4.69) is 15.5 Å². The molecule has 7 heteroatoms. The minimum atomic E-state index is -0.261. The fourth-order valence-corrected chi connectivity index (χ4v) is 4.41. The Kier molecular flexibility index (Phi) is 5.67. The molecule has 1 fully saturated rings. The highest BCUT2D eigenvalue weighted by atomic mass is 32.1. The van der Waals surface area contributed by atoms with Crippen LogP contribution in [0.5, 0.6) is 0 Å². The van der Waals surface area contributed by atoms with Crippen LogP contribution in [0.15, 0.2) is 54.6 Å². The fraction of sp³-hybridized carbons (Fsp3) is 0.273. The van der Waals surface area contributed by atoms with Gasteiger partial charge in [-0.25, -0.2) is 0 Å². The van der Waals surface area contributed by atoms with Crippen LogP contribution in [-0.4, -0.2) is 40.0 Å². The van der Waals surface area contributed by atoms with Gasteiger partial charge in [-0.05, 0) is 43.5 Å². The zero-order valence-corrected chi connectivity index (χ0v) is 17.0. The topological polar surface area (TPSA) is 75.2 Å². The average Bonchev–Trinajstić information content (AvgIpc) is 3.25. The Morgan fingerprint density at radius 1 is 1.07 bits per heavy atom. The normalized spacial score (nSPS) is 16.4. The predicted molar refractivity (Wildman–Crippen MR) is 113 cm³/mol. The highest BCUT2D eigenvalue weighted by molar-refractivity contribution is 7.13. The Hall–Kier alpha value is -3.06. The van der Waals surface area contributed by atoms with Crippen molar-refractivity contribution in [1.29, 1.82) is 0 Å². The van der Waals surface area contributed by atoms with Gasteiger partial charge in [0.2, 0.25) is 5.01 Å². The second-order valence-corrected chi connectivity index (χ2v) is 8.18. The molecular formula is C22H22N4O2S. The minimum absolute atomic E-state index is 0.0550. The minimum Gasteiger partial charge on any atom is -0.338 e. The van der Waals surface area contributed by atoms with Crippen molar-refractivity contribution in [3.8, 4) is 0 Å². The third-order valence-corrected chi connectivity index (χ3v) is 6.18. The Labute approximate surface area is 173 Å². The van der Waals surface area contributed by atoms with E-state index >= 15 is 0 Å². The van der Waals surface area contributed by atoms with Crippen molar-refractivity contribution >= 4 is 28.8 Å². The molecule has 1 N–H and O–H groups in total. The Morgan fingerprint density at radius 3 is 2.62 bits per heavy atom. The number of carbonyl (C=O) groups excluding carboxylic acids is 2. The zero-order chi connectivity index (χ0) is 20.2. The van der Waals surface area contributed by atoms with Crippen LogP contribution in [0.2, 0.25) is 0 Å². The standard InChI is InChI=1S/C22H22N4O2S/c1-15-8-5-6-12-18(15)22(28)26-13-7-9-16(14-26)20-24-25-21(29-20)19(27)23-17-10-3-2-4-11-17/h2-6,8,10-12,16H,7,9,13-14H2,1H3,(H,23,27)/t16-/m0/s1. The molecule has 2 amide bonds. The van der Waals surface area contributed by atoms with Crippen LogP contribution in [0.25, 0.3) is 0 Å². The maximum absolute atomic E-state index is 12.9. The Bertz CT molecular complexity index is 1020. The van der Waals surface area contributed by atoms with E-state index in [0.717, 1.165) is 41.2 Å². The largest absolute Gasteiger partial charge is 0.338 e. The van der Waals surface area contributed by atoms with Crippen LogP contribution < -0.4 is 5.32 Å². The van der Waals surface area contributed by atoms with Gasteiger partial charge in [-0.15, -0.1) is 10.2 Å². The van der Waals surface area contributed by atoms with E-state index in [4.69, 9.17) is 0 Å². The third kappa shape index (κ3) is 4.35. The molecule has 1 aromatic heterocycles. The summed E-state index contributed by atoms with van der Waals surface area (Å²) in [5.74, 6) is -0.101. The van der Waals surface area contributed by atoms with Gasteiger partial charge in [0.25, 0.3) is 11.8 Å². The number of carbonyl (C=O) groups is 2. The lowest BCUT2D eigenvalue weighted by molar-refractivity contribution is 0.0706. The summed E-state index contributed by atoms with van der Waals surface area (Å²) in [6, 6.07) is 16.9. The molecule has 2 heterocycles. The molecule has 0 radical (unpaired) electrons. The maximum atomic E-state index is 12.9. The predicted octanol–water partition coefficient (Wildman–Crippen LogP) is 4.12. The first-order valence-corrected chi connectivity index (χ1v) is 10.5. The summed E-state index contributed by atoms with van der Waals surface area (Å²) >= 11 is 1.31. The maximum Gasteiger partial charge on any atom is 0.286 e. The number of para-hydroxylation sites is 1. The number of aromatic nitrogens is 2. The summed E-state index contributed by atoms with van der Waals surface area (Å²) < 4.78 is 0. The number of piperidine rings is 1. The monoisotopic (exact) mass is 406 g/mol. The molecule has 2 aromatic carbocycles. The molecule has 3 aromatic rings. The Balaban J connectivity index is 1.44. The molecule has 0 saturated carbocycles. The van der Waals surface area contributed by atoms with Crippen molar-refractivity contribution in [2.45, 2.75) is 25.7 Å². The number of nitrogens with one attached hydrogen (secondary N) is 1. The smallest absolute Gasteiger partial charge is 0.286 e. The number of likely N-dealkylation sites (tertiary alicyclic amines) is 1. The summed E-state index contributed by atoms with van der Waals surface area (Å²) in [5, 5.41) is 12.3. The van der Waals surface area contributed by atoms with Crippen LogP contribution in [0.3, 0.4) is 0 Å². The first-order valence-electron chi connectivity index (χ1n) is 9.66. The van der Waals surface area contributed by atoms with Crippen LogP contribution in [0, 0.1) is 6.92 Å². The number of anilines is 1. The molecule has 1 saturated heterocycles. The van der Waals surface area contributed by atoms with E-state index in [1.807, 2.05) is 66.4 Å². The molecule has 4 rings (SSSR count). The van der Waals surface area contributed by atoms with Crippen LogP contribution in [-0.2, 0) is 0 Å². The van der Waals surface area contributed by atoms with Gasteiger partial charge < -0.3 is 10.2 Å². The molecule has 0 unspecified atom stereocenters. The number of hydrogen-bond acceptors (Lipinski definition) is 5. The van der Waals surface area contributed by atoms with Crippen molar-refractivity contribution in [2.75, 3.05) is 18.4 Å². The van der Waals surface area contributed by atoms with Gasteiger partial charge in [-0.2, -0.15) is 0 Å². The van der Waals surface area contributed by atoms with Gasteiger partial charge in [-0.1, -0.05) is 47.7 Å². The van der Waals surface area contributed by atoms with E-state index in [0.29, 0.717) is 11.6 Å². The summed E-state index contributed by atoms with van der Waals surface area (Å²) in [7, 11) is 0. The zero-order valence-electron chi connectivity index (χ0n) is 16.2. The molecule has 1 aliphatic heterocycles. The van der Waals surface area contributed by atoms with Gasteiger partial charge >= 0.3 is 0 Å². The SMILES string of the molecule is Cc1ccccc1C(=O)N1CCC[C@H](c2nnc(C(=O)Nc3ccccc3)s2)C1. The Morgan fingerprint density at radius 2 is 1.83 bits per heavy atom. The van der Waals surface area contributed by atoms with Gasteiger partial charge in [0.15, 0.2) is 0 Å². The summed E-state index contributed by atoms with van der Waals surface area (Å²) in [5.41, 5.74) is 2.45. The van der Waals surface area contributed by atoms with Crippen LogP contribution in [0.1, 0.15) is 49.5 Å². The molecule has 0 bridgehead atoms. The average molecular weight is 407 g/mol. The molecule has 0 aliphatic carbocycles. The van der Waals surface area contributed by atoms with E-state index in [1.165, 1.54) is 11.3 Å². The van der Waals surface area contributed by atoms with Crippen LogP contribution >= 0.6 is 11.3 Å². The molecule has 148 valence electrons. The third-order valence-electron chi connectivity index (χ3n) is 5.10. The first kappa shape index (κ1) is 19.3. The van der Waals surface area contributed by atoms with Gasteiger partial charge in [0, 0.05) is 30.3 Å². The van der Waals surface area contributed by atoms with E-state index < -0.39 is 0 Å². The number of amides is 2. The highest BCUT2D eigenvalue weighted by Crippen LogP contribution is 2.30. The molecule has 29 heavy (non-hydrogen) atoms. The molecular weight excluding hydrogens is 384 g/mol. The number of rotatable bonds is 4. The number of benzene rings is 2. The van der Waals surface area contributed by atoms with Crippen molar-refractivity contribution in [2.24, 2.45) is 0 Å². The quantitative estimate of drug-likeness (QED) is 0.707. The van der Waals surface area contributed by atoms with Gasteiger partial charge in [0.05, 0.1) is 0 Å². The molecule has 6 nitrogen and oxygen atoms in total. The lowest BCUT2D eigenvalue weighted by Gasteiger charge is -2.32. The van der Waals surface area contributed by atoms with Crippen molar-refractivity contribution in [3.05, 3.63) is 75.7 Å². The van der Waals surface area contributed by atoms with Crippen LogP contribution in [0.4, 0.5) is 5.69 Å². The molecule has 0 spiro atoms. The fourth-order valence-electron chi connectivity index (χ4n) is 3.54. The summed E-state index contributed by atoms with van der Waals surface area (Å²) in [6.45, 7) is 3.29. The van der Waals surface area contributed by atoms with E-state index in [-0.39, 0.29) is 17.7 Å². The number of aryl methyl sites for hydroxylation is 1. The van der Waals surface area contributed by atoms with E-state index in [9.17, 15) is 9.59 Å². The van der Waals surface area contributed by atoms with Crippen molar-refractivity contribution in [3.63, 3.8) is 0 Å². The van der Waals surface area contributed by atoms with Gasteiger partial charge in [-0.3, -0.25) is 9.59 Å². The summed E-state index contributed by atoms with van der Waals surface area (Å²) in [4.78, 5) is 27.3. The van der Waals surface area contributed by atoms with E-state index in [1.54, 1.807) is 0 Å². The van der Waals surface area contributed by atoms with Gasteiger partial charge in [0.1, 0.15) is 5.01 Å². The highest BCUT2D eigenvalue weighted by Gasteiger charge is 2.29. The second kappa shape index (κ2) is 8.53. The number of hydrogen-bond donors (Lipinski definition) is 1. The molecule has 1 aliphatic rings. The second-order valence-electron chi connectivity index (χ2n) is 7.17.